The molecule has 2 aromatic rings. The molecule has 4 atom stereocenters. The van der Waals surface area contributed by atoms with Crippen LogP contribution in [0.2, 0.25) is 0 Å². The van der Waals surface area contributed by atoms with Gasteiger partial charge in [-0.05, 0) is 84.6 Å². The van der Waals surface area contributed by atoms with E-state index < -0.39 is 23.4 Å². The number of benzene rings is 2. The first kappa shape index (κ1) is 25.2. The number of alkyl halides is 3. The molecule has 2 fully saturated rings. The van der Waals surface area contributed by atoms with E-state index in [1.165, 1.54) is 69.8 Å². The smallest absolute Gasteiger partial charge is 0.206 e. The highest BCUT2D eigenvalue weighted by molar-refractivity contribution is 5.64. The number of unbranched alkanes of at least 4 members (excludes halogenated alkanes) is 3. The van der Waals surface area contributed by atoms with E-state index in [2.05, 4.69) is 6.92 Å². The third kappa shape index (κ3) is 5.83. The van der Waals surface area contributed by atoms with E-state index in [4.69, 9.17) is 0 Å². The van der Waals surface area contributed by atoms with Gasteiger partial charge in [0.25, 0.3) is 0 Å². The molecule has 0 saturated heterocycles. The van der Waals surface area contributed by atoms with Crippen LogP contribution in [0.15, 0.2) is 36.4 Å². The van der Waals surface area contributed by atoms with Crippen molar-refractivity contribution in [2.24, 2.45) is 17.8 Å². The fraction of sp³-hybridized carbons (Fsp3) is 0.586. The largest absolute Gasteiger partial charge is 0.422 e. The molecule has 2 aromatic carbocycles. The van der Waals surface area contributed by atoms with E-state index in [0.717, 1.165) is 36.3 Å². The van der Waals surface area contributed by atoms with Gasteiger partial charge < -0.3 is 0 Å². The number of halogens is 5. The molecule has 0 N–H and O–H groups in total. The molecule has 0 aliphatic heterocycles. The van der Waals surface area contributed by atoms with Crippen molar-refractivity contribution in [3.8, 4) is 11.1 Å². The van der Waals surface area contributed by atoms with Crippen LogP contribution in [-0.4, -0.2) is 0 Å². The zero-order valence-electron chi connectivity index (χ0n) is 19.9. The van der Waals surface area contributed by atoms with Gasteiger partial charge in [-0.25, -0.2) is 8.78 Å². The lowest BCUT2D eigenvalue weighted by Crippen LogP contribution is -2.30. The summed E-state index contributed by atoms with van der Waals surface area (Å²) >= 11 is 0. The molecular weight excluding hydrogens is 443 g/mol. The molecule has 2 saturated carbocycles. The average Bonchev–Trinajstić information content (AvgIpc) is 2.80. The number of fused-ring (bicyclic) bond motifs is 1. The van der Waals surface area contributed by atoms with Gasteiger partial charge in [0.15, 0.2) is 0 Å². The fourth-order valence-electron chi connectivity index (χ4n) is 6.37. The SMILES string of the molecule is CCCCCCC1CC[C@@H]2C[C@H](c3ccc(-c4cc(F)c(C(F)(F)F)c(F)c4)cc3)CC[C@@H]2C1. The van der Waals surface area contributed by atoms with E-state index in [9.17, 15) is 22.0 Å². The molecular formula is C29H35F5. The molecule has 0 aromatic heterocycles. The number of hydrogen-bond acceptors (Lipinski definition) is 0. The number of hydrogen-bond donors (Lipinski definition) is 0. The van der Waals surface area contributed by atoms with Crippen molar-refractivity contribution in [2.45, 2.75) is 89.6 Å². The van der Waals surface area contributed by atoms with Gasteiger partial charge in [0.05, 0.1) is 0 Å². The first-order valence-electron chi connectivity index (χ1n) is 12.9. The summed E-state index contributed by atoms with van der Waals surface area (Å²) in [5.74, 6) is -0.144. The molecule has 0 spiro atoms. The van der Waals surface area contributed by atoms with E-state index in [1.54, 1.807) is 12.1 Å². The second kappa shape index (κ2) is 10.8. The Bertz CT molecular complexity index is 923. The summed E-state index contributed by atoms with van der Waals surface area (Å²) < 4.78 is 66.5. The van der Waals surface area contributed by atoms with Crippen molar-refractivity contribution in [1.82, 2.24) is 0 Å². The summed E-state index contributed by atoms with van der Waals surface area (Å²) in [5.41, 5.74) is 0.0279. The van der Waals surface area contributed by atoms with Crippen molar-refractivity contribution >= 4 is 0 Å². The van der Waals surface area contributed by atoms with Crippen molar-refractivity contribution in [3.63, 3.8) is 0 Å². The summed E-state index contributed by atoms with van der Waals surface area (Å²) in [6.45, 7) is 2.26. The molecule has 0 bridgehead atoms. The summed E-state index contributed by atoms with van der Waals surface area (Å²) in [6.07, 6.45) is 9.38. The monoisotopic (exact) mass is 478 g/mol. The van der Waals surface area contributed by atoms with E-state index in [-0.39, 0.29) is 5.56 Å². The Kier molecular flexibility index (Phi) is 7.99. The first-order chi connectivity index (χ1) is 16.3. The van der Waals surface area contributed by atoms with Crippen molar-refractivity contribution < 1.29 is 22.0 Å². The van der Waals surface area contributed by atoms with Gasteiger partial charge in [-0.15, -0.1) is 0 Å². The Morgan fingerprint density at radius 3 is 2.06 bits per heavy atom. The third-order valence-electron chi connectivity index (χ3n) is 8.23. The normalized spacial score (nSPS) is 25.2. The molecule has 5 heteroatoms. The lowest BCUT2D eigenvalue weighted by molar-refractivity contribution is -0.142. The van der Waals surface area contributed by atoms with Gasteiger partial charge in [-0.2, -0.15) is 13.2 Å². The van der Waals surface area contributed by atoms with Crippen LogP contribution in [0.25, 0.3) is 11.1 Å². The average molecular weight is 479 g/mol. The van der Waals surface area contributed by atoms with Crippen LogP contribution >= 0.6 is 0 Å². The standard InChI is InChI=1S/C29H35F5/c1-2-3-4-5-6-19-7-8-24-16-23(14-13-22(24)15-19)20-9-11-21(12-10-20)25-17-26(30)28(27(31)18-25)29(32,33)34/h9-12,17-19,22-24H,2-8,13-16H2,1H3/t19?,22-,23-,24-/m1/s1. The van der Waals surface area contributed by atoms with Crippen LogP contribution in [0.4, 0.5) is 22.0 Å². The van der Waals surface area contributed by atoms with Crippen LogP contribution in [0.3, 0.4) is 0 Å². The highest BCUT2D eigenvalue weighted by Crippen LogP contribution is 2.48. The predicted octanol–water partition coefficient (Wildman–Crippen LogP) is 9.92. The second-order valence-corrected chi connectivity index (χ2v) is 10.5. The molecule has 1 unspecified atom stereocenters. The first-order valence-corrected chi connectivity index (χ1v) is 12.9. The molecule has 186 valence electrons. The maximum atomic E-state index is 14.0. The fourth-order valence-corrected chi connectivity index (χ4v) is 6.37. The van der Waals surface area contributed by atoms with Crippen LogP contribution in [0.5, 0.6) is 0 Å². The van der Waals surface area contributed by atoms with E-state index in [1.807, 2.05) is 12.1 Å². The lowest BCUT2D eigenvalue weighted by atomic mass is 9.63. The Labute approximate surface area is 200 Å². The summed E-state index contributed by atoms with van der Waals surface area (Å²) in [5, 5.41) is 0. The van der Waals surface area contributed by atoms with Gasteiger partial charge in [-0.3, -0.25) is 0 Å². The minimum absolute atomic E-state index is 0.121. The molecule has 34 heavy (non-hydrogen) atoms. The quantitative estimate of drug-likeness (QED) is 0.274. The van der Waals surface area contributed by atoms with E-state index >= 15 is 0 Å². The second-order valence-electron chi connectivity index (χ2n) is 10.5. The summed E-state index contributed by atoms with van der Waals surface area (Å²) in [6, 6.07) is 9.05. The molecule has 0 nitrogen and oxygen atoms in total. The molecule has 0 heterocycles. The molecule has 0 radical (unpaired) electrons. The van der Waals surface area contributed by atoms with Gasteiger partial charge in [0, 0.05) is 0 Å². The van der Waals surface area contributed by atoms with Crippen molar-refractivity contribution in [2.75, 3.05) is 0 Å². The molecule has 0 amide bonds. The predicted molar refractivity (Wildman–Crippen MR) is 126 cm³/mol. The summed E-state index contributed by atoms with van der Waals surface area (Å²) in [7, 11) is 0. The topological polar surface area (TPSA) is 0 Å². The van der Waals surface area contributed by atoms with Crippen molar-refractivity contribution in [3.05, 3.63) is 59.2 Å². The minimum atomic E-state index is -5.05. The Balaban J connectivity index is 1.37. The third-order valence-corrected chi connectivity index (χ3v) is 8.23. The van der Waals surface area contributed by atoms with Crippen molar-refractivity contribution in [1.29, 1.82) is 0 Å². The van der Waals surface area contributed by atoms with Gasteiger partial charge >= 0.3 is 6.18 Å². The lowest BCUT2D eigenvalue weighted by Gasteiger charge is -2.42. The highest BCUT2D eigenvalue weighted by Gasteiger charge is 2.38. The Morgan fingerprint density at radius 2 is 1.41 bits per heavy atom. The maximum Gasteiger partial charge on any atom is 0.422 e. The maximum absolute atomic E-state index is 14.0. The van der Waals surface area contributed by atoms with Crippen LogP contribution in [-0.2, 0) is 6.18 Å². The minimum Gasteiger partial charge on any atom is -0.206 e. The highest BCUT2D eigenvalue weighted by atomic mass is 19.4. The molecule has 2 aliphatic carbocycles. The number of rotatable bonds is 7. The van der Waals surface area contributed by atoms with Crippen LogP contribution in [0, 0.1) is 29.4 Å². The van der Waals surface area contributed by atoms with Gasteiger partial charge in [0.2, 0.25) is 0 Å². The Morgan fingerprint density at radius 1 is 0.765 bits per heavy atom. The van der Waals surface area contributed by atoms with E-state index in [0.29, 0.717) is 11.5 Å². The zero-order valence-corrected chi connectivity index (χ0v) is 19.9. The zero-order chi connectivity index (χ0) is 24.3. The van der Waals surface area contributed by atoms with Crippen LogP contribution < -0.4 is 0 Å². The van der Waals surface area contributed by atoms with Gasteiger partial charge in [-0.1, -0.05) is 69.7 Å². The van der Waals surface area contributed by atoms with Crippen LogP contribution in [0.1, 0.15) is 94.6 Å². The molecule has 2 aliphatic rings. The Hall–Kier alpha value is -1.91. The van der Waals surface area contributed by atoms with Gasteiger partial charge in [0.1, 0.15) is 17.2 Å². The molecule has 4 rings (SSSR count). The summed E-state index contributed by atoms with van der Waals surface area (Å²) in [4.78, 5) is 0.